The van der Waals surface area contributed by atoms with Gasteiger partial charge in [0.1, 0.15) is 6.10 Å². The quantitative estimate of drug-likeness (QED) is 0.106. The molecule has 0 aliphatic heterocycles. The van der Waals surface area contributed by atoms with Gasteiger partial charge in [-0.15, -0.1) is 0 Å². The largest absolute Gasteiger partial charge is 0.472 e. The van der Waals surface area contributed by atoms with Crippen LogP contribution in [0.2, 0.25) is 0 Å². The highest BCUT2D eigenvalue weighted by molar-refractivity contribution is 7.47. The lowest BCUT2D eigenvalue weighted by Gasteiger charge is -2.18. The van der Waals surface area contributed by atoms with Crippen molar-refractivity contribution in [2.45, 2.75) is 104 Å². The van der Waals surface area contributed by atoms with E-state index in [-0.39, 0.29) is 13.2 Å². The molecule has 0 heterocycles. The summed E-state index contributed by atoms with van der Waals surface area (Å²) in [4.78, 5) is 9.62. The molecule has 0 saturated heterocycles. The van der Waals surface area contributed by atoms with E-state index in [0.717, 1.165) is 24.2 Å². The number of phosphoric acid groups is 1. The second-order valence-corrected chi connectivity index (χ2v) is 11.8. The van der Waals surface area contributed by atoms with Crippen LogP contribution in [0, 0.1) is 17.8 Å². The smallest absolute Gasteiger partial charge is 0.379 e. The number of nitrogens with one attached hydrogen (secondary N) is 1. The SMILES string of the molecule is CNCCOP(=O)(O)OCC(COCCCCCCC(C)CCCC(C)CCCC(C)C)OC. The first kappa shape index (κ1) is 34.0. The Hall–Kier alpha value is -0.0100. The third-order valence-electron chi connectivity index (χ3n) is 6.27. The van der Waals surface area contributed by atoms with E-state index >= 15 is 0 Å². The lowest BCUT2D eigenvalue weighted by atomic mass is 9.92. The Labute approximate surface area is 210 Å². The monoisotopic (exact) mass is 509 g/mol. The number of ether oxygens (including phenoxy) is 2. The van der Waals surface area contributed by atoms with Crippen molar-refractivity contribution in [1.29, 1.82) is 0 Å². The van der Waals surface area contributed by atoms with Crippen LogP contribution in [0.15, 0.2) is 0 Å². The third kappa shape index (κ3) is 22.5. The van der Waals surface area contributed by atoms with Crippen molar-refractivity contribution in [2.75, 3.05) is 47.1 Å². The highest BCUT2D eigenvalue weighted by Gasteiger charge is 2.23. The van der Waals surface area contributed by atoms with Gasteiger partial charge in [0.05, 0.1) is 19.8 Å². The predicted octanol–water partition coefficient (Wildman–Crippen LogP) is 6.59. The first-order valence-corrected chi connectivity index (χ1v) is 15.1. The molecule has 8 heteroatoms. The van der Waals surface area contributed by atoms with Crippen molar-refractivity contribution < 1.29 is 28.0 Å². The molecule has 0 aromatic rings. The fraction of sp³-hybridized carbons (Fsp3) is 1.00. The number of likely N-dealkylation sites (N-methyl/N-ethyl adjacent to an activating group) is 1. The summed E-state index contributed by atoms with van der Waals surface area (Å²) < 4.78 is 32.5. The van der Waals surface area contributed by atoms with Crippen LogP contribution >= 0.6 is 7.82 Å². The van der Waals surface area contributed by atoms with Crippen LogP contribution in [0.3, 0.4) is 0 Å². The number of hydrogen-bond acceptors (Lipinski definition) is 6. The highest BCUT2D eigenvalue weighted by Crippen LogP contribution is 2.43. The van der Waals surface area contributed by atoms with Crippen LogP contribution in [-0.4, -0.2) is 58.1 Å². The molecule has 0 saturated carbocycles. The average molecular weight is 510 g/mol. The average Bonchev–Trinajstić information content (AvgIpc) is 2.77. The van der Waals surface area contributed by atoms with Crippen molar-refractivity contribution in [3.63, 3.8) is 0 Å². The fourth-order valence-corrected chi connectivity index (χ4v) is 4.66. The van der Waals surface area contributed by atoms with Crippen LogP contribution in [0.5, 0.6) is 0 Å². The number of rotatable bonds is 25. The molecule has 0 aromatic heterocycles. The number of hydrogen-bond donors (Lipinski definition) is 2. The van der Waals surface area contributed by atoms with Crippen LogP contribution in [0.1, 0.15) is 98.3 Å². The Kier molecular flexibility index (Phi) is 22.2. The lowest BCUT2D eigenvalue weighted by Crippen LogP contribution is -2.24. The maximum Gasteiger partial charge on any atom is 0.472 e. The number of unbranched alkanes of at least 4 members (excludes halogenated alkanes) is 3. The fourth-order valence-electron chi connectivity index (χ4n) is 3.91. The van der Waals surface area contributed by atoms with Gasteiger partial charge in [-0.1, -0.05) is 91.9 Å². The van der Waals surface area contributed by atoms with Crippen LogP contribution < -0.4 is 5.32 Å². The first-order valence-electron chi connectivity index (χ1n) is 13.6. The summed E-state index contributed by atoms with van der Waals surface area (Å²) in [5, 5.41) is 2.84. The topological polar surface area (TPSA) is 86.3 Å². The third-order valence-corrected chi connectivity index (χ3v) is 7.26. The van der Waals surface area contributed by atoms with Crippen LogP contribution in [-0.2, 0) is 23.1 Å². The van der Waals surface area contributed by atoms with Crippen LogP contribution in [0.25, 0.3) is 0 Å². The Balaban J connectivity index is 3.64. The second-order valence-electron chi connectivity index (χ2n) is 10.3. The van der Waals surface area contributed by atoms with E-state index in [1.165, 1.54) is 71.3 Å². The molecular weight excluding hydrogens is 453 g/mol. The Morgan fingerprint density at radius 1 is 0.765 bits per heavy atom. The van der Waals surface area contributed by atoms with Crippen molar-refractivity contribution >= 4 is 7.82 Å². The molecule has 4 atom stereocenters. The standard InChI is InChI=1S/C26H56NO6P/c1-23(2)13-11-15-25(4)17-12-16-24(3)14-9-7-8-10-19-31-21-26(30-6)22-33-34(28,29)32-20-18-27-5/h23-27H,7-22H2,1-6H3,(H,28,29). The molecular formula is C26H56NO6P. The summed E-state index contributed by atoms with van der Waals surface area (Å²) in [5.74, 6) is 2.54. The first-order chi connectivity index (χ1) is 16.2. The van der Waals surface area contributed by atoms with Gasteiger partial charge in [-0.2, -0.15) is 0 Å². The molecule has 0 aromatic carbocycles. The molecule has 34 heavy (non-hydrogen) atoms. The summed E-state index contributed by atoms with van der Waals surface area (Å²) in [5.41, 5.74) is 0. The molecule has 0 radical (unpaired) electrons. The zero-order chi connectivity index (χ0) is 25.7. The highest BCUT2D eigenvalue weighted by atomic mass is 31.2. The van der Waals surface area contributed by atoms with Gasteiger partial charge >= 0.3 is 7.82 Å². The molecule has 0 rings (SSSR count). The molecule has 0 fully saturated rings. The van der Waals surface area contributed by atoms with Crippen molar-refractivity contribution in [3.8, 4) is 0 Å². The lowest BCUT2D eigenvalue weighted by molar-refractivity contribution is -0.0220. The maximum absolute atomic E-state index is 11.8. The van der Waals surface area contributed by atoms with Gasteiger partial charge in [0, 0.05) is 20.3 Å². The molecule has 2 N–H and O–H groups in total. The predicted molar refractivity (Wildman–Crippen MR) is 141 cm³/mol. The molecule has 0 spiro atoms. The number of methoxy groups -OCH3 is 1. The molecule has 7 nitrogen and oxygen atoms in total. The summed E-state index contributed by atoms with van der Waals surface area (Å²) in [7, 11) is -0.773. The zero-order valence-corrected chi connectivity index (χ0v) is 24.0. The molecule has 0 aliphatic carbocycles. The van der Waals surface area contributed by atoms with E-state index in [9.17, 15) is 9.46 Å². The number of phosphoric ester groups is 1. The van der Waals surface area contributed by atoms with E-state index in [2.05, 4.69) is 33.0 Å². The van der Waals surface area contributed by atoms with Gasteiger partial charge < -0.3 is 19.7 Å². The van der Waals surface area contributed by atoms with E-state index in [0.29, 0.717) is 19.8 Å². The Bertz CT molecular complexity index is 494. The Morgan fingerprint density at radius 3 is 1.94 bits per heavy atom. The van der Waals surface area contributed by atoms with Gasteiger partial charge in [0.25, 0.3) is 0 Å². The van der Waals surface area contributed by atoms with Crippen molar-refractivity contribution in [2.24, 2.45) is 17.8 Å². The maximum atomic E-state index is 11.8. The van der Waals surface area contributed by atoms with Crippen LogP contribution in [0.4, 0.5) is 0 Å². The van der Waals surface area contributed by atoms with Crippen molar-refractivity contribution in [1.82, 2.24) is 5.32 Å². The van der Waals surface area contributed by atoms with E-state index < -0.39 is 13.9 Å². The normalized spacial score (nSPS) is 16.5. The van der Waals surface area contributed by atoms with Gasteiger partial charge in [-0.25, -0.2) is 4.57 Å². The summed E-state index contributed by atoms with van der Waals surface area (Å²) in [6, 6.07) is 0. The zero-order valence-electron chi connectivity index (χ0n) is 23.1. The van der Waals surface area contributed by atoms with E-state index in [1.54, 1.807) is 7.05 Å². The summed E-state index contributed by atoms with van der Waals surface area (Å²) in [6.07, 6.45) is 13.9. The molecule has 206 valence electrons. The van der Waals surface area contributed by atoms with Crippen molar-refractivity contribution in [3.05, 3.63) is 0 Å². The molecule has 0 aliphatic rings. The van der Waals surface area contributed by atoms with Gasteiger partial charge in [0.15, 0.2) is 0 Å². The summed E-state index contributed by atoms with van der Waals surface area (Å²) >= 11 is 0. The minimum Gasteiger partial charge on any atom is -0.379 e. The van der Waals surface area contributed by atoms with E-state index in [4.69, 9.17) is 18.5 Å². The molecule has 0 amide bonds. The minimum atomic E-state index is -4.05. The van der Waals surface area contributed by atoms with E-state index in [1.807, 2.05) is 0 Å². The molecule has 0 bridgehead atoms. The summed E-state index contributed by atoms with van der Waals surface area (Å²) in [6.45, 7) is 11.0. The van der Waals surface area contributed by atoms with Gasteiger partial charge in [-0.3, -0.25) is 9.05 Å². The van der Waals surface area contributed by atoms with Gasteiger partial charge in [-0.05, 0) is 31.2 Å². The Morgan fingerprint density at radius 2 is 1.35 bits per heavy atom. The minimum absolute atomic E-state index is 0.0432. The second kappa shape index (κ2) is 22.2. The molecule has 4 unspecified atom stereocenters. The van der Waals surface area contributed by atoms with Gasteiger partial charge in [0.2, 0.25) is 0 Å².